The molecule has 3 N–H and O–H groups in total. The smallest absolute Gasteiger partial charge is 0.407 e. The maximum absolute atomic E-state index is 8.74. The maximum Gasteiger partial charge on any atom is 0.407 e. The molecule has 0 amide bonds. The number of aromatic nitrogens is 5. The van der Waals surface area contributed by atoms with Crippen LogP contribution in [0.25, 0.3) is 5.78 Å². The van der Waals surface area contributed by atoms with Gasteiger partial charge in [0, 0.05) is 6.07 Å². The van der Waals surface area contributed by atoms with Crippen LogP contribution in [-0.2, 0) is 27.8 Å². The van der Waals surface area contributed by atoms with Gasteiger partial charge in [0.25, 0.3) is 0 Å². The Morgan fingerprint density at radius 3 is 2.00 bits per heavy atom. The summed E-state index contributed by atoms with van der Waals surface area (Å²) in [7, 11) is -7.76. The lowest BCUT2D eigenvalue weighted by molar-refractivity contribution is -0.709. The predicted octanol–water partition coefficient (Wildman–Crippen LogP) is -2.08. The van der Waals surface area contributed by atoms with E-state index in [1.165, 1.54) is 0 Å². The summed E-state index contributed by atoms with van der Waals surface area (Å²) >= 11 is 0. The Balaban J connectivity index is 0.000000372. The van der Waals surface area contributed by atoms with Gasteiger partial charge in [0.15, 0.2) is 0 Å². The second-order valence-corrected chi connectivity index (χ2v) is 5.48. The number of fused-ring (bicyclic) bond motifs is 1. The largest absolute Gasteiger partial charge is 0.726 e. The molecule has 0 aliphatic carbocycles. The summed E-state index contributed by atoms with van der Waals surface area (Å²) in [4.78, 5) is 4.30. The lowest BCUT2D eigenvalue weighted by atomic mass is 10.4. The van der Waals surface area contributed by atoms with Crippen molar-refractivity contribution < 1.29 is 39.7 Å². The number of rotatable bonds is 0. The van der Waals surface area contributed by atoms with Crippen LogP contribution in [0.15, 0.2) is 6.07 Å². The minimum atomic E-state index is -4.92. The quantitative estimate of drug-likeness (QED) is 0.265. The fraction of sp³-hybridized carbons (Fsp3) is 0.429. The van der Waals surface area contributed by atoms with Crippen molar-refractivity contribution in [1.82, 2.24) is 19.9 Å². The number of tetrazole rings is 1. The fourth-order valence-corrected chi connectivity index (χ4v) is 1.22. The van der Waals surface area contributed by atoms with Crippen LogP contribution in [-0.4, -0.2) is 55.0 Å². The number of hydrogen-bond acceptors (Lipinski definition) is 8. The van der Waals surface area contributed by atoms with E-state index in [1.54, 1.807) is 9.20 Å². The Bertz CT molecular complexity index is 797. The average molecular weight is 359 g/mol. The van der Waals surface area contributed by atoms with Gasteiger partial charge in [-0.2, -0.15) is 8.42 Å². The van der Waals surface area contributed by atoms with Crippen molar-refractivity contribution in [2.75, 3.05) is 0 Å². The Labute approximate surface area is 125 Å². The molecule has 2 heterocycles. The average Bonchev–Trinajstić information content (AvgIpc) is 2.55. The van der Waals surface area contributed by atoms with Crippen molar-refractivity contribution in [2.45, 2.75) is 13.8 Å². The van der Waals surface area contributed by atoms with Crippen LogP contribution < -0.4 is 4.68 Å². The van der Waals surface area contributed by atoms with Crippen LogP contribution in [0, 0.1) is 13.8 Å². The predicted molar refractivity (Wildman–Crippen MR) is 67.9 cm³/mol. The molecule has 0 bridgehead atoms. The number of aryl methyl sites for hydroxylation is 3. The highest BCUT2D eigenvalue weighted by Crippen LogP contribution is 1.99. The van der Waals surface area contributed by atoms with E-state index in [-0.39, 0.29) is 0 Å². The van der Waals surface area contributed by atoms with Gasteiger partial charge in [-0.1, -0.05) is 4.52 Å². The van der Waals surface area contributed by atoms with Crippen molar-refractivity contribution in [3.05, 3.63) is 17.5 Å². The molecule has 0 unspecified atom stereocenters. The molecule has 0 aliphatic heterocycles. The molecule has 0 atom stereocenters. The molecule has 0 saturated heterocycles. The van der Waals surface area contributed by atoms with Crippen LogP contribution in [0.3, 0.4) is 0 Å². The molecular weight excluding hydrogens is 346 g/mol. The molecule has 15 heteroatoms. The minimum Gasteiger partial charge on any atom is -0.726 e. The molecule has 0 aromatic carbocycles. The van der Waals surface area contributed by atoms with Gasteiger partial charge < -0.3 is 4.55 Å². The lowest BCUT2D eigenvalue weighted by Gasteiger charge is -1.89. The summed E-state index contributed by atoms with van der Waals surface area (Å²) in [6.45, 7) is 3.94. The van der Waals surface area contributed by atoms with Crippen LogP contribution in [0.4, 0.5) is 0 Å². The summed E-state index contributed by atoms with van der Waals surface area (Å²) in [5.41, 5.74) is 2.03. The standard InChI is InChI=1S/C7H10N5.2H2O4S/c1-5-4-6(2)12-7(8-5)11(3)9-10-12;2*1-5(2,3)4/h4H,1-3H3;2*(H2,1,2,3,4)/q+1;;/p-1. The van der Waals surface area contributed by atoms with Gasteiger partial charge in [-0.05, 0) is 13.8 Å². The van der Waals surface area contributed by atoms with Crippen molar-refractivity contribution in [3.8, 4) is 0 Å². The Morgan fingerprint density at radius 1 is 1.18 bits per heavy atom. The van der Waals surface area contributed by atoms with Crippen LogP contribution in [0.1, 0.15) is 11.4 Å². The molecule has 0 saturated carbocycles. The highest BCUT2D eigenvalue weighted by atomic mass is 32.3. The van der Waals surface area contributed by atoms with Gasteiger partial charge in [0.05, 0.1) is 12.3 Å². The molecule has 2 aromatic rings. The molecule has 0 fully saturated rings. The van der Waals surface area contributed by atoms with Gasteiger partial charge in [-0.3, -0.25) is 13.7 Å². The van der Waals surface area contributed by atoms with E-state index in [4.69, 9.17) is 35.0 Å². The van der Waals surface area contributed by atoms with E-state index < -0.39 is 20.8 Å². The van der Waals surface area contributed by atoms with E-state index in [1.807, 2.05) is 27.0 Å². The highest BCUT2D eigenvalue weighted by molar-refractivity contribution is 7.80. The first-order valence-corrected chi connectivity index (χ1v) is 7.89. The normalized spacial score (nSPS) is 11.2. The summed E-state index contributed by atoms with van der Waals surface area (Å²) in [5.74, 6) is 0.771. The minimum absolute atomic E-state index is 0.771. The summed E-state index contributed by atoms with van der Waals surface area (Å²) in [6.07, 6.45) is 0. The fourth-order valence-electron chi connectivity index (χ4n) is 1.22. The molecule has 22 heavy (non-hydrogen) atoms. The van der Waals surface area contributed by atoms with Crippen molar-refractivity contribution in [1.29, 1.82) is 0 Å². The van der Waals surface area contributed by atoms with Gasteiger partial charge in [-0.25, -0.2) is 8.42 Å². The van der Waals surface area contributed by atoms with E-state index in [0.717, 1.165) is 17.2 Å². The summed E-state index contributed by atoms with van der Waals surface area (Å²) < 4.78 is 67.8. The second kappa shape index (κ2) is 7.47. The first-order chi connectivity index (χ1) is 9.68. The molecule has 13 nitrogen and oxygen atoms in total. The molecule has 126 valence electrons. The third kappa shape index (κ3) is 10.0. The lowest BCUT2D eigenvalue weighted by Crippen LogP contribution is -2.31. The Kier molecular flexibility index (Phi) is 6.87. The molecular formula is C7H13N5O8S2. The van der Waals surface area contributed by atoms with Crippen LogP contribution in [0.5, 0.6) is 0 Å². The zero-order valence-corrected chi connectivity index (χ0v) is 13.1. The zero-order chi connectivity index (χ0) is 17.7. The molecule has 0 radical (unpaired) electrons. The topological polar surface area (TPSA) is 199 Å². The van der Waals surface area contributed by atoms with Gasteiger partial charge in [0.1, 0.15) is 16.6 Å². The van der Waals surface area contributed by atoms with Gasteiger partial charge in [0.2, 0.25) is 10.4 Å². The van der Waals surface area contributed by atoms with E-state index in [0.29, 0.717) is 0 Å². The molecule has 0 spiro atoms. The monoisotopic (exact) mass is 359 g/mol. The first-order valence-electron chi connectivity index (χ1n) is 5.12. The molecule has 2 aromatic heterocycles. The van der Waals surface area contributed by atoms with Gasteiger partial charge >= 0.3 is 16.2 Å². The SMILES string of the molecule is Cc1cc(C)n2nn[n+](C)c2n1.O=S(=O)(O)O.O=S(=O)([O-])O. The van der Waals surface area contributed by atoms with Crippen molar-refractivity contribution in [3.63, 3.8) is 0 Å². The Hall–Kier alpha value is -1.78. The third-order valence-corrected chi connectivity index (χ3v) is 1.77. The summed E-state index contributed by atoms with van der Waals surface area (Å²) in [5, 5.41) is 7.79. The van der Waals surface area contributed by atoms with E-state index in [9.17, 15) is 0 Å². The number of hydrogen-bond donors (Lipinski definition) is 3. The summed E-state index contributed by atoms with van der Waals surface area (Å²) in [6, 6.07) is 1.97. The first kappa shape index (κ1) is 20.2. The third-order valence-electron chi connectivity index (χ3n) is 1.77. The maximum atomic E-state index is 8.74. The van der Waals surface area contributed by atoms with Crippen LogP contribution >= 0.6 is 0 Å². The molecule has 2 rings (SSSR count). The van der Waals surface area contributed by atoms with Crippen LogP contribution in [0.2, 0.25) is 0 Å². The highest BCUT2D eigenvalue weighted by Gasteiger charge is 2.13. The van der Waals surface area contributed by atoms with E-state index >= 15 is 0 Å². The van der Waals surface area contributed by atoms with Crippen molar-refractivity contribution in [2.24, 2.45) is 7.05 Å². The number of nitrogens with zero attached hydrogens (tertiary/aromatic N) is 5. The van der Waals surface area contributed by atoms with Crippen molar-refractivity contribution >= 4 is 26.6 Å². The van der Waals surface area contributed by atoms with E-state index in [2.05, 4.69) is 15.4 Å². The zero-order valence-electron chi connectivity index (χ0n) is 11.5. The van der Waals surface area contributed by atoms with Gasteiger partial charge in [-0.15, -0.1) is 9.67 Å². The Morgan fingerprint density at radius 2 is 1.59 bits per heavy atom. The molecule has 0 aliphatic rings. The second-order valence-electron chi connectivity index (χ2n) is 3.73.